The van der Waals surface area contributed by atoms with Crippen LogP contribution in [-0.2, 0) is 14.3 Å². The lowest BCUT2D eigenvalue weighted by molar-refractivity contribution is -0.148. The minimum Gasteiger partial charge on any atom is -0.449 e. The number of para-hydroxylation sites is 1. The molecule has 114 valence electrons. The van der Waals surface area contributed by atoms with Crippen LogP contribution in [0.4, 0.5) is 5.69 Å². The van der Waals surface area contributed by atoms with Gasteiger partial charge in [-0.05, 0) is 36.6 Å². The van der Waals surface area contributed by atoms with Gasteiger partial charge in [-0.2, -0.15) is 0 Å². The Balaban J connectivity index is 1.92. The van der Waals surface area contributed by atoms with Gasteiger partial charge in [0.1, 0.15) is 0 Å². The maximum absolute atomic E-state index is 12.2. The summed E-state index contributed by atoms with van der Waals surface area (Å²) in [6.07, 6.45) is 2.16. The predicted octanol–water partition coefficient (Wildman–Crippen LogP) is 3.36. The zero-order chi connectivity index (χ0) is 15.9. The topological polar surface area (TPSA) is 46.6 Å². The van der Waals surface area contributed by atoms with E-state index < -0.39 is 12.1 Å². The van der Waals surface area contributed by atoms with Crippen molar-refractivity contribution in [3.8, 4) is 0 Å². The zero-order valence-corrected chi connectivity index (χ0v) is 13.2. The fourth-order valence-electron chi connectivity index (χ4n) is 1.85. The molecule has 1 aromatic heterocycles. The first-order valence-corrected chi connectivity index (χ1v) is 7.70. The molecule has 5 heteroatoms. The molecular weight excluding hydrogens is 298 g/mol. The van der Waals surface area contributed by atoms with Gasteiger partial charge in [0.05, 0.1) is 0 Å². The lowest BCUT2D eigenvalue weighted by Crippen LogP contribution is -2.37. The van der Waals surface area contributed by atoms with Crippen LogP contribution >= 0.6 is 11.3 Å². The molecule has 1 aromatic carbocycles. The second kappa shape index (κ2) is 7.56. The second-order valence-corrected chi connectivity index (χ2v) is 5.64. The van der Waals surface area contributed by atoms with E-state index in [4.69, 9.17) is 4.74 Å². The normalized spacial score (nSPS) is 12.1. The number of hydrogen-bond acceptors (Lipinski definition) is 4. The average molecular weight is 315 g/mol. The van der Waals surface area contributed by atoms with Crippen molar-refractivity contribution in [3.05, 3.63) is 58.8 Å². The summed E-state index contributed by atoms with van der Waals surface area (Å²) < 4.78 is 5.14. The van der Waals surface area contributed by atoms with E-state index in [0.717, 1.165) is 10.6 Å². The van der Waals surface area contributed by atoms with Crippen LogP contribution in [0, 0.1) is 0 Å². The van der Waals surface area contributed by atoms with Crippen LogP contribution in [0.15, 0.2) is 53.9 Å². The Morgan fingerprint density at radius 1 is 1.18 bits per heavy atom. The second-order valence-electron chi connectivity index (χ2n) is 4.66. The van der Waals surface area contributed by atoms with Gasteiger partial charge in [-0.1, -0.05) is 24.3 Å². The van der Waals surface area contributed by atoms with E-state index in [1.54, 1.807) is 20.0 Å². The maximum Gasteiger partial charge on any atom is 0.331 e. The number of nitrogens with zero attached hydrogens (tertiary/aromatic N) is 1. The summed E-state index contributed by atoms with van der Waals surface area (Å²) in [4.78, 5) is 26.4. The Hall–Kier alpha value is -2.40. The fourth-order valence-corrected chi connectivity index (χ4v) is 2.47. The fraction of sp³-hybridized carbons (Fsp3) is 0.176. The van der Waals surface area contributed by atoms with Crippen LogP contribution in [0.1, 0.15) is 11.8 Å². The molecule has 0 saturated heterocycles. The number of amides is 1. The molecule has 22 heavy (non-hydrogen) atoms. The summed E-state index contributed by atoms with van der Waals surface area (Å²) in [6.45, 7) is 1.57. The van der Waals surface area contributed by atoms with Crippen molar-refractivity contribution in [3.63, 3.8) is 0 Å². The third-order valence-corrected chi connectivity index (χ3v) is 3.88. The van der Waals surface area contributed by atoms with E-state index in [2.05, 4.69) is 0 Å². The van der Waals surface area contributed by atoms with Crippen LogP contribution in [0.25, 0.3) is 6.08 Å². The molecule has 2 aromatic rings. The molecule has 0 N–H and O–H groups in total. The smallest absolute Gasteiger partial charge is 0.331 e. The van der Waals surface area contributed by atoms with E-state index >= 15 is 0 Å². The maximum atomic E-state index is 12.2. The minimum atomic E-state index is -0.842. The number of hydrogen-bond donors (Lipinski definition) is 0. The van der Waals surface area contributed by atoms with E-state index in [-0.39, 0.29) is 5.91 Å². The van der Waals surface area contributed by atoms with Gasteiger partial charge in [-0.25, -0.2) is 4.79 Å². The summed E-state index contributed by atoms with van der Waals surface area (Å²) in [5.74, 6) is -0.806. The Morgan fingerprint density at radius 3 is 2.55 bits per heavy atom. The molecule has 0 aliphatic carbocycles. The van der Waals surface area contributed by atoms with Crippen molar-refractivity contribution in [2.45, 2.75) is 13.0 Å². The van der Waals surface area contributed by atoms with Gasteiger partial charge < -0.3 is 9.64 Å². The molecule has 0 aliphatic heterocycles. The van der Waals surface area contributed by atoms with Crippen molar-refractivity contribution in [1.82, 2.24) is 0 Å². The third kappa shape index (κ3) is 4.30. The van der Waals surface area contributed by atoms with Gasteiger partial charge >= 0.3 is 5.97 Å². The minimum absolute atomic E-state index is 0.274. The Morgan fingerprint density at radius 2 is 1.91 bits per heavy atom. The number of benzene rings is 1. The summed E-state index contributed by atoms with van der Waals surface area (Å²) in [5.41, 5.74) is 0.754. The molecule has 2 rings (SSSR count). The van der Waals surface area contributed by atoms with Gasteiger partial charge in [0, 0.05) is 23.7 Å². The van der Waals surface area contributed by atoms with Crippen molar-refractivity contribution >= 4 is 35.0 Å². The van der Waals surface area contributed by atoms with E-state index in [0.29, 0.717) is 0 Å². The average Bonchev–Trinajstić information content (AvgIpc) is 3.05. The predicted molar refractivity (Wildman–Crippen MR) is 88.8 cm³/mol. The first-order valence-electron chi connectivity index (χ1n) is 6.83. The molecule has 1 amide bonds. The van der Waals surface area contributed by atoms with Crippen LogP contribution < -0.4 is 4.90 Å². The van der Waals surface area contributed by atoms with Gasteiger partial charge in [-0.15, -0.1) is 11.3 Å². The number of thiophene rings is 1. The van der Waals surface area contributed by atoms with Gasteiger partial charge in [-0.3, -0.25) is 4.79 Å². The first-order chi connectivity index (χ1) is 10.6. The molecule has 0 spiro atoms. The molecule has 4 nitrogen and oxygen atoms in total. The summed E-state index contributed by atoms with van der Waals surface area (Å²) >= 11 is 1.52. The first kappa shape index (κ1) is 16.0. The number of ether oxygens (including phenoxy) is 1. The Bertz CT molecular complexity index is 650. The molecule has 0 saturated carbocycles. The van der Waals surface area contributed by atoms with Crippen LogP contribution in [-0.4, -0.2) is 25.0 Å². The van der Waals surface area contributed by atoms with Crippen LogP contribution in [0.5, 0.6) is 0 Å². The van der Waals surface area contributed by atoms with Crippen LogP contribution in [0.2, 0.25) is 0 Å². The molecule has 0 radical (unpaired) electrons. The highest BCUT2D eigenvalue weighted by Crippen LogP contribution is 2.14. The Kier molecular flexibility index (Phi) is 5.49. The molecule has 0 bridgehead atoms. The Labute approximate surface area is 133 Å². The SMILES string of the molecule is C[C@@H](OC(=O)/C=C/c1cccs1)C(=O)N(C)c1ccccc1. The largest absolute Gasteiger partial charge is 0.449 e. The molecule has 1 heterocycles. The summed E-state index contributed by atoms with van der Waals surface area (Å²) in [7, 11) is 1.66. The standard InChI is InChI=1S/C17H17NO3S/c1-13(17(20)18(2)14-7-4-3-5-8-14)21-16(19)11-10-15-9-6-12-22-15/h3-13H,1-2H3/b11-10+/t13-/m1/s1. The van der Waals surface area contributed by atoms with Gasteiger partial charge in [0.15, 0.2) is 6.10 Å². The number of carbonyl (C=O) groups is 2. The summed E-state index contributed by atoms with van der Waals surface area (Å²) in [5, 5.41) is 1.92. The lowest BCUT2D eigenvalue weighted by Gasteiger charge is -2.21. The number of likely N-dealkylation sites (N-methyl/N-ethyl adjacent to an activating group) is 1. The number of carbonyl (C=O) groups excluding carboxylic acids is 2. The van der Waals surface area contributed by atoms with E-state index in [9.17, 15) is 9.59 Å². The van der Waals surface area contributed by atoms with Crippen molar-refractivity contribution in [1.29, 1.82) is 0 Å². The lowest BCUT2D eigenvalue weighted by atomic mass is 10.2. The monoisotopic (exact) mass is 315 g/mol. The van der Waals surface area contributed by atoms with Crippen molar-refractivity contribution < 1.29 is 14.3 Å². The molecule has 0 aliphatic rings. The zero-order valence-electron chi connectivity index (χ0n) is 12.4. The molecule has 1 atom stereocenters. The molecular formula is C17H17NO3S. The van der Waals surface area contributed by atoms with Crippen molar-refractivity contribution in [2.75, 3.05) is 11.9 Å². The van der Waals surface area contributed by atoms with E-state index in [1.165, 1.54) is 22.3 Å². The third-order valence-electron chi connectivity index (χ3n) is 3.04. The molecule has 0 unspecified atom stereocenters. The highest BCUT2D eigenvalue weighted by Gasteiger charge is 2.21. The highest BCUT2D eigenvalue weighted by atomic mass is 32.1. The quantitative estimate of drug-likeness (QED) is 0.628. The number of esters is 1. The molecule has 0 fully saturated rings. The van der Waals surface area contributed by atoms with Crippen LogP contribution in [0.3, 0.4) is 0 Å². The van der Waals surface area contributed by atoms with Gasteiger partial charge in [0.2, 0.25) is 0 Å². The van der Waals surface area contributed by atoms with E-state index in [1.807, 2.05) is 47.8 Å². The van der Waals surface area contributed by atoms with Crippen molar-refractivity contribution in [2.24, 2.45) is 0 Å². The number of anilines is 1. The van der Waals surface area contributed by atoms with Gasteiger partial charge in [0.25, 0.3) is 5.91 Å². The highest BCUT2D eigenvalue weighted by molar-refractivity contribution is 7.10. The number of rotatable bonds is 5. The summed E-state index contributed by atoms with van der Waals surface area (Å²) in [6, 6.07) is 13.0.